The molecule has 31 heavy (non-hydrogen) atoms. The van der Waals surface area contributed by atoms with Crippen LogP contribution in [0.15, 0.2) is 24.3 Å². The first-order valence-electron chi connectivity index (χ1n) is 9.14. The maximum atomic E-state index is 13.0. The Morgan fingerprint density at radius 2 is 1.42 bits per heavy atom. The van der Waals surface area contributed by atoms with Crippen LogP contribution in [-0.4, -0.2) is 61.8 Å². The van der Waals surface area contributed by atoms with E-state index in [1.165, 1.54) is 13.2 Å². The van der Waals surface area contributed by atoms with Crippen LogP contribution in [0.5, 0.6) is 5.75 Å². The minimum atomic E-state index is -1.74. The molecule has 0 spiro atoms. The lowest BCUT2D eigenvalue weighted by molar-refractivity contribution is -0.190. The largest absolute Gasteiger partial charge is 0.495 e. The molecule has 1 aromatic rings. The number of nitrogens with one attached hydrogen (secondary N) is 1. The lowest BCUT2D eigenvalue weighted by atomic mass is 10.1. The number of benzene rings is 1. The molecule has 0 radical (unpaired) electrons. The summed E-state index contributed by atoms with van der Waals surface area (Å²) in [6, 6.07) is 6.42. The normalized spacial score (nSPS) is 13.1. The summed E-state index contributed by atoms with van der Waals surface area (Å²) in [5.41, 5.74) is 0.248. The zero-order valence-electron chi connectivity index (χ0n) is 17.8. The molecule has 0 bridgehead atoms. The van der Waals surface area contributed by atoms with Gasteiger partial charge in [-0.25, -0.2) is 0 Å². The van der Waals surface area contributed by atoms with Gasteiger partial charge in [0.25, 0.3) is 5.91 Å². The third-order valence-corrected chi connectivity index (χ3v) is 3.65. The summed E-state index contributed by atoms with van der Waals surface area (Å²) in [6.07, 6.45) is -4.79. The molecule has 1 aromatic carbocycles. The highest BCUT2D eigenvalue weighted by atomic mass is 16.6. The minimum absolute atomic E-state index is 0.248. The van der Waals surface area contributed by atoms with E-state index in [-0.39, 0.29) is 5.69 Å². The van der Waals surface area contributed by atoms with Crippen LogP contribution in [0.25, 0.3) is 0 Å². The first-order chi connectivity index (χ1) is 14.5. The number of rotatable bonds is 10. The number of esters is 4. The molecule has 1 rings (SSSR count). The van der Waals surface area contributed by atoms with Gasteiger partial charge in [0.05, 0.1) is 12.8 Å². The van der Waals surface area contributed by atoms with E-state index >= 15 is 0 Å². The van der Waals surface area contributed by atoms with Crippen LogP contribution in [0.4, 0.5) is 5.69 Å². The number of hydrogen-bond donors (Lipinski definition) is 1. The predicted molar refractivity (Wildman–Crippen MR) is 105 cm³/mol. The van der Waals surface area contributed by atoms with Crippen molar-refractivity contribution in [1.82, 2.24) is 0 Å². The number of carbonyl (C=O) groups excluding carboxylic acids is 5. The summed E-state index contributed by atoms with van der Waals surface area (Å²) in [5.74, 6) is -3.82. The number of para-hydroxylation sites is 2. The minimum Gasteiger partial charge on any atom is -0.495 e. The Morgan fingerprint density at radius 3 is 1.94 bits per heavy atom. The lowest BCUT2D eigenvalue weighted by Crippen LogP contribution is -2.52. The van der Waals surface area contributed by atoms with Crippen LogP contribution in [0.3, 0.4) is 0 Å². The summed E-state index contributed by atoms with van der Waals surface area (Å²) >= 11 is 0. The number of ether oxygens (including phenoxy) is 5. The molecule has 0 heterocycles. The molecule has 1 amide bonds. The molecular weight excluding hydrogens is 414 g/mol. The molecule has 11 heteroatoms. The van der Waals surface area contributed by atoms with Gasteiger partial charge in [-0.05, 0) is 12.1 Å². The molecule has 0 aliphatic rings. The van der Waals surface area contributed by atoms with Gasteiger partial charge in [-0.15, -0.1) is 0 Å². The molecule has 0 fully saturated rings. The van der Waals surface area contributed by atoms with Crippen molar-refractivity contribution in [1.29, 1.82) is 0 Å². The smallest absolute Gasteiger partial charge is 0.303 e. The molecule has 0 aliphatic heterocycles. The van der Waals surface area contributed by atoms with Gasteiger partial charge in [0, 0.05) is 27.7 Å². The fourth-order valence-electron chi connectivity index (χ4n) is 2.53. The quantitative estimate of drug-likeness (QED) is 0.414. The number of hydrogen-bond acceptors (Lipinski definition) is 10. The average molecular weight is 439 g/mol. The van der Waals surface area contributed by atoms with Crippen molar-refractivity contribution < 1.29 is 47.7 Å². The highest BCUT2D eigenvalue weighted by Gasteiger charge is 2.42. The van der Waals surface area contributed by atoms with Crippen molar-refractivity contribution in [3.63, 3.8) is 0 Å². The molecule has 11 nitrogen and oxygen atoms in total. The summed E-state index contributed by atoms with van der Waals surface area (Å²) in [5, 5.41) is 2.51. The van der Waals surface area contributed by atoms with Crippen molar-refractivity contribution in [3.8, 4) is 5.75 Å². The second kappa shape index (κ2) is 12.2. The van der Waals surface area contributed by atoms with Gasteiger partial charge < -0.3 is 29.0 Å². The van der Waals surface area contributed by atoms with Gasteiger partial charge in [-0.1, -0.05) is 12.1 Å². The Balaban J connectivity index is 3.33. The van der Waals surface area contributed by atoms with E-state index in [0.717, 1.165) is 27.7 Å². The van der Waals surface area contributed by atoms with Gasteiger partial charge >= 0.3 is 23.9 Å². The molecule has 0 aromatic heterocycles. The topological polar surface area (TPSA) is 144 Å². The van der Waals surface area contributed by atoms with E-state index < -0.39 is 54.7 Å². The third kappa shape index (κ3) is 8.72. The Morgan fingerprint density at radius 1 is 0.839 bits per heavy atom. The monoisotopic (exact) mass is 439 g/mol. The lowest BCUT2D eigenvalue weighted by Gasteiger charge is -2.31. The predicted octanol–water partition coefficient (Wildman–Crippen LogP) is 0.992. The fourth-order valence-corrected chi connectivity index (χ4v) is 2.53. The molecule has 0 saturated heterocycles. The second-order valence-electron chi connectivity index (χ2n) is 6.24. The summed E-state index contributed by atoms with van der Waals surface area (Å²) in [7, 11) is 1.39. The summed E-state index contributed by atoms with van der Waals surface area (Å²) in [6.45, 7) is 3.73. The second-order valence-corrected chi connectivity index (χ2v) is 6.24. The van der Waals surface area contributed by atoms with Crippen molar-refractivity contribution in [2.75, 3.05) is 19.0 Å². The van der Waals surface area contributed by atoms with Crippen LogP contribution in [0, 0.1) is 0 Å². The Kier molecular flexibility index (Phi) is 9.96. The molecule has 170 valence electrons. The van der Waals surface area contributed by atoms with Crippen molar-refractivity contribution >= 4 is 35.5 Å². The number of amides is 1. The maximum Gasteiger partial charge on any atom is 0.303 e. The van der Waals surface area contributed by atoms with Gasteiger partial charge in [-0.2, -0.15) is 0 Å². The maximum absolute atomic E-state index is 13.0. The average Bonchev–Trinajstić information content (AvgIpc) is 2.67. The number of carbonyl (C=O) groups is 5. The fraction of sp³-hybridized carbons (Fsp3) is 0.450. The summed E-state index contributed by atoms with van der Waals surface area (Å²) in [4.78, 5) is 59.1. The van der Waals surface area contributed by atoms with Crippen LogP contribution in [0.2, 0.25) is 0 Å². The molecule has 0 aliphatic carbocycles. The zero-order valence-corrected chi connectivity index (χ0v) is 17.8. The Bertz CT molecular complexity index is 822. The van der Waals surface area contributed by atoms with Crippen molar-refractivity contribution in [2.24, 2.45) is 0 Å². The van der Waals surface area contributed by atoms with Crippen molar-refractivity contribution in [2.45, 2.75) is 46.0 Å². The molecule has 3 atom stereocenters. The van der Waals surface area contributed by atoms with Gasteiger partial charge in [-0.3, -0.25) is 24.0 Å². The molecular formula is C20H25NO10. The van der Waals surface area contributed by atoms with Gasteiger partial charge in [0.15, 0.2) is 12.2 Å². The standard InChI is InChI=1S/C20H25NO10/c1-11(22)28-10-17(29-12(2)23)18(30-13(3)24)19(31-14(4)25)20(26)21-15-8-6-7-9-16(15)27-5/h6-9,17-19H,10H2,1-5H3,(H,21,26). The van der Waals surface area contributed by atoms with Crippen LogP contribution < -0.4 is 10.1 Å². The first kappa shape index (κ1) is 25.4. The van der Waals surface area contributed by atoms with Gasteiger partial charge in [0.2, 0.25) is 6.10 Å². The Hall–Kier alpha value is -3.63. The van der Waals surface area contributed by atoms with Gasteiger partial charge in [0.1, 0.15) is 12.4 Å². The van der Waals surface area contributed by atoms with E-state index in [0.29, 0.717) is 5.75 Å². The first-order valence-corrected chi connectivity index (χ1v) is 9.14. The zero-order chi connectivity index (χ0) is 23.6. The molecule has 0 saturated carbocycles. The van der Waals surface area contributed by atoms with Crippen LogP contribution in [0.1, 0.15) is 27.7 Å². The highest BCUT2D eigenvalue weighted by Crippen LogP contribution is 2.24. The van der Waals surface area contributed by atoms with Crippen molar-refractivity contribution in [3.05, 3.63) is 24.3 Å². The molecule has 3 unspecified atom stereocenters. The van der Waals surface area contributed by atoms with Crippen LogP contribution >= 0.6 is 0 Å². The number of anilines is 1. The molecule has 1 N–H and O–H groups in total. The van der Waals surface area contributed by atoms with E-state index in [2.05, 4.69) is 5.32 Å². The SMILES string of the molecule is COc1ccccc1NC(=O)C(OC(C)=O)C(OC(C)=O)C(COC(C)=O)OC(C)=O. The third-order valence-electron chi connectivity index (χ3n) is 3.65. The van der Waals surface area contributed by atoms with E-state index in [1.807, 2.05) is 0 Å². The van der Waals surface area contributed by atoms with E-state index in [9.17, 15) is 24.0 Å². The van der Waals surface area contributed by atoms with E-state index in [4.69, 9.17) is 23.7 Å². The number of methoxy groups -OCH3 is 1. The Labute approximate surface area is 178 Å². The van der Waals surface area contributed by atoms with E-state index in [1.54, 1.807) is 18.2 Å². The highest BCUT2D eigenvalue weighted by molar-refractivity contribution is 5.97. The van der Waals surface area contributed by atoms with Crippen LogP contribution in [-0.2, 0) is 42.9 Å². The summed E-state index contributed by atoms with van der Waals surface area (Å²) < 4.78 is 25.3.